The quantitative estimate of drug-likeness (QED) is 0.859. The molecular weight excluding hydrogens is 268 g/mol. The lowest BCUT2D eigenvalue weighted by Crippen LogP contribution is -2.33. The Morgan fingerprint density at radius 2 is 2.19 bits per heavy atom. The Morgan fingerprint density at radius 3 is 2.76 bits per heavy atom. The average molecular weight is 288 g/mol. The second kappa shape index (κ2) is 6.45. The number of rotatable bonds is 5. The summed E-state index contributed by atoms with van der Waals surface area (Å²) in [6.07, 6.45) is 1.51. The summed E-state index contributed by atoms with van der Waals surface area (Å²) in [5.74, 6) is -0.0800. The smallest absolute Gasteiger partial charge is 0.229 e. The largest absolute Gasteiger partial charge is 0.330 e. The minimum atomic E-state index is -0.207. The minimum Gasteiger partial charge on any atom is -0.330 e. The number of nitrogens with two attached hydrogens (primary N) is 1. The summed E-state index contributed by atoms with van der Waals surface area (Å²) in [6, 6.07) is 5.65. The predicted octanol–water partition coefficient (Wildman–Crippen LogP) is 1.14. The van der Waals surface area contributed by atoms with Crippen LogP contribution in [0.5, 0.6) is 0 Å². The number of tetrazole rings is 1. The van der Waals surface area contributed by atoms with Gasteiger partial charge in [-0.05, 0) is 41.0 Å². The molecular formula is C14H20N6O. The first-order valence-corrected chi connectivity index (χ1v) is 6.88. The Morgan fingerprint density at radius 1 is 1.43 bits per heavy atom. The molecule has 112 valence electrons. The first-order chi connectivity index (χ1) is 10.0. The highest BCUT2D eigenvalue weighted by molar-refractivity contribution is 5.93. The maximum atomic E-state index is 12.3. The molecule has 0 spiro atoms. The van der Waals surface area contributed by atoms with Crippen LogP contribution in [0.3, 0.4) is 0 Å². The number of hydrogen-bond acceptors (Lipinski definition) is 5. The van der Waals surface area contributed by atoms with Crippen LogP contribution in [-0.2, 0) is 4.79 Å². The standard InChI is InChI=1S/C14H20N6O/c1-9(2)12(7-15)14(21)17-13-6-11(5-4-10(13)3)20-8-16-18-19-20/h4-6,8-9,12H,7,15H2,1-3H3,(H,17,21). The summed E-state index contributed by atoms with van der Waals surface area (Å²) in [7, 11) is 0. The fraction of sp³-hybridized carbons (Fsp3) is 0.429. The Balaban J connectivity index is 2.23. The molecule has 1 aromatic heterocycles. The van der Waals surface area contributed by atoms with Crippen LogP contribution < -0.4 is 11.1 Å². The number of nitrogens with one attached hydrogen (secondary N) is 1. The molecule has 0 aliphatic carbocycles. The van der Waals surface area contributed by atoms with Crippen LogP contribution in [0.25, 0.3) is 5.69 Å². The lowest BCUT2D eigenvalue weighted by atomic mass is 9.95. The zero-order chi connectivity index (χ0) is 15.4. The molecule has 7 heteroatoms. The van der Waals surface area contributed by atoms with Crippen LogP contribution >= 0.6 is 0 Å². The van der Waals surface area contributed by atoms with Crippen molar-refractivity contribution in [1.29, 1.82) is 0 Å². The summed E-state index contributed by atoms with van der Waals surface area (Å²) in [6.45, 7) is 6.24. The van der Waals surface area contributed by atoms with Crippen LogP contribution in [0.2, 0.25) is 0 Å². The highest BCUT2D eigenvalue weighted by Gasteiger charge is 2.21. The molecule has 3 N–H and O–H groups in total. The summed E-state index contributed by atoms with van der Waals surface area (Å²) in [4.78, 5) is 12.3. The molecule has 1 aromatic carbocycles. The van der Waals surface area contributed by atoms with Crippen molar-refractivity contribution in [1.82, 2.24) is 20.2 Å². The van der Waals surface area contributed by atoms with Gasteiger partial charge in [0.25, 0.3) is 0 Å². The van der Waals surface area contributed by atoms with Gasteiger partial charge in [-0.2, -0.15) is 0 Å². The summed E-state index contributed by atoms with van der Waals surface area (Å²) < 4.78 is 1.54. The van der Waals surface area contributed by atoms with Gasteiger partial charge < -0.3 is 11.1 Å². The number of aromatic nitrogens is 4. The maximum absolute atomic E-state index is 12.3. The van der Waals surface area contributed by atoms with Gasteiger partial charge in [0.15, 0.2) is 0 Å². The number of amides is 1. The zero-order valence-corrected chi connectivity index (χ0v) is 12.4. The van der Waals surface area contributed by atoms with Crippen LogP contribution in [0.1, 0.15) is 19.4 Å². The van der Waals surface area contributed by atoms with Gasteiger partial charge in [0.05, 0.1) is 11.6 Å². The van der Waals surface area contributed by atoms with E-state index in [2.05, 4.69) is 20.8 Å². The molecule has 2 aromatic rings. The van der Waals surface area contributed by atoms with Crippen molar-refractivity contribution in [3.8, 4) is 5.69 Å². The average Bonchev–Trinajstić information content (AvgIpc) is 2.95. The second-order valence-corrected chi connectivity index (χ2v) is 5.33. The van der Waals surface area contributed by atoms with Crippen molar-refractivity contribution in [2.45, 2.75) is 20.8 Å². The molecule has 0 radical (unpaired) electrons. The Hall–Kier alpha value is -2.28. The van der Waals surface area contributed by atoms with Gasteiger partial charge in [-0.25, -0.2) is 4.68 Å². The summed E-state index contributed by atoms with van der Waals surface area (Å²) in [5.41, 5.74) is 8.18. The van der Waals surface area contributed by atoms with Crippen molar-refractivity contribution in [2.24, 2.45) is 17.6 Å². The maximum Gasteiger partial charge on any atom is 0.229 e. The van der Waals surface area contributed by atoms with E-state index in [0.29, 0.717) is 6.54 Å². The van der Waals surface area contributed by atoms with Crippen molar-refractivity contribution >= 4 is 11.6 Å². The Labute approximate surface area is 123 Å². The van der Waals surface area contributed by atoms with E-state index in [-0.39, 0.29) is 17.7 Å². The molecule has 0 aliphatic heterocycles. The number of nitrogens with zero attached hydrogens (tertiary/aromatic N) is 4. The molecule has 0 aliphatic rings. The van der Waals surface area contributed by atoms with Crippen molar-refractivity contribution in [3.63, 3.8) is 0 Å². The molecule has 2 rings (SSSR count). The molecule has 1 heterocycles. The minimum absolute atomic E-state index is 0.0653. The van der Waals surface area contributed by atoms with Gasteiger partial charge in [-0.1, -0.05) is 19.9 Å². The summed E-state index contributed by atoms with van der Waals surface area (Å²) >= 11 is 0. The third-order valence-corrected chi connectivity index (χ3v) is 3.49. The van der Waals surface area contributed by atoms with E-state index in [9.17, 15) is 4.79 Å². The van der Waals surface area contributed by atoms with E-state index in [1.807, 2.05) is 39.0 Å². The number of benzene rings is 1. The third kappa shape index (κ3) is 3.43. The monoisotopic (exact) mass is 288 g/mol. The molecule has 0 saturated heterocycles. The molecule has 1 amide bonds. The fourth-order valence-corrected chi connectivity index (χ4v) is 2.07. The molecule has 1 unspecified atom stereocenters. The van der Waals surface area contributed by atoms with E-state index >= 15 is 0 Å². The van der Waals surface area contributed by atoms with Gasteiger partial charge in [-0.3, -0.25) is 4.79 Å². The molecule has 7 nitrogen and oxygen atoms in total. The number of carbonyl (C=O) groups excluding carboxylic acids is 1. The normalized spacial score (nSPS) is 12.4. The third-order valence-electron chi connectivity index (χ3n) is 3.49. The van der Waals surface area contributed by atoms with Crippen LogP contribution in [0.15, 0.2) is 24.5 Å². The highest BCUT2D eigenvalue weighted by atomic mass is 16.1. The van der Waals surface area contributed by atoms with Crippen molar-refractivity contribution in [2.75, 3.05) is 11.9 Å². The predicted molar refractivity (Wildman–Crippen MR) is 79.9 cm³/mol. The van der Waals surface area contributed by atoms with E-state index in [1.165, 1.54) is 11.0 Å². The van der Waals surface area contributed by atoms with E-state index in [1.54, 1.807) is 0 Å². The zero-order valence-electron chi connectivity index (χ0n) is 12.4. The Bertz CT molecular complexity index is 608. The number of aryl methyl sites for hydroxylation is 1. The van der Waals surface area contributed by atoms with Crippen LogP contribution in [-0.4, -0.2) is 32.7 Å². The molecule has 1 atom stereocenters. The lowest BCUT2D eigenvalue weighted by Gasteiger charge is -2.19. The van der Waals surface area contributed by atoms with E-state index in [4.69, 9.17) is 5.73 Å². The van der Waals surface area contributed by atoms with Crippen LogP contribution in [0, 0.1) is 18.8 Å². The molecule has 0 fully saturated rings. The number of anilines is 1. The van der Waals surface area contributed by atoms with Crippen molar-refractivity contribution in [3.05, 3.63) is 30.1 Å². The lowest BCUT2D eigenvalue weighted by molar-refractivity contribution is -0.120. The molecule has 21 heavy (non-hydrogen) atoms. The summed E-state index contributed by atoms with van der Waals surface area (Å²) in [5, 5.41) is 14.0. The molecule has 0 bridgehead atoms. The van der Waals surface area contributed by atoms with Crippen molar-refractivity contribution < 1.29 is 4.79 Å². The van der Waals surface area contributed by atoms with Gasteiger partial charge in [-0.15, -0.1) is 5.10 Å². The van der Waals surface area contributed by atoms with Gasteiger partial charge in [0.2, 0.25) is 5.91 Å². The molecule has 0 saturated carbocycles. The number of hydrogen-bond donors (Lipinski definition) is 2. The number of carbonyl (C=O) groups is 1. The van der Waals surface area contributed by atoms with Crippen LogP contribution in [0.4, 0.5) is 5.69 Å². The Kier molecular flexibility index (Phi) is 4.64. The first-order valence-electron chi connectivity index (χ1n) is 6.88. The second-order valence-electron chi connectivity index (χ2n) is 5.33. The van der Waals surface area contributed by atoms with E-state index < -0.39 is 0 Å². The van der Waals surface area contributed by atoms with Gasteiger partial charge in [0.1, 0.15) is 6.33 Å². The van der Waals surface area contributed by atoms with Gasteiger partial charge >= 0.3 is 0 Å². The first kappa shape index (κ1) is 15.1. The van der Waals surface area contributed by atoms with Gasteiger partial charge in [0, 0.05) is 12.2 Å². The SMILES string of the molecule is Cc1ccc(-n2cnnn2)cc1NC(=O)C(CN)C(C)C. The highest BCUT2D eigenvalue weighted by Crippen LogP contribution is 2.21. The topological polar surface area (TPSA) is 98.7 Å². The van der Waals surface area contributed by atoms with E-state index in [0.717, 1.165) is 16.9 Å². The fourth-order valence-electron chi connectivity index (χ4n) is 2.07.